The van der Waals surface area contributed by atoms with Crippen LogP contribution in [0.15, 0.2) is 16.5 Å². The molecule has 2 rings (SSSR count). The Bertz CT molecular complexity index is 538. The van der Waals surface area contributed by atoms with Crippen LogP contribution in [0.2, 0.25) is 0 Å². The SMILES string of the molecule is CCc1ccc([C@H](C)NC[C@H]2CCCN2S(C)(=O)=O)o1. The molecule has 6 heteroatoms. The zero-order chi connectivity index (χ0) is 14.8. The molecular formula is C14H24N2O3S. The van der Waals surface area contributed by atoms with E-state index in [0.717, 1.165) is 30.8 Å². The average molecular weight is 300 g/mol. The van der Waals surface area contributed by atoms with Gasteiger partial charge in [-0.05, 0) is 31.9 Å². The van der Waals surface area contributed by atoms with E-state index in [1.165, 1.54) is 6.26 Å². The Hall–Kier alpha value is -0.850. The third kappa shape index (κ3) is 3.62. The van der Waals surface area contributed by atoms with Crippen LogP contribution >= 0.6 is 0 Å². The largest absolute Gasteiger partial charge is 0.464 e. The Morgan fingerprint density at radius 1 is 1.50 bits per heavy atom. The molecule has 0 saturated carbocycles. The van der Waals surface area contributed by atoms with E-state index in [1.807, 2.05) is 19.1 Å². The van der Waals surface area contributed by atoms with E-state index >= 15 is 0 Å². The highest BCUT2D eigenvalue weighted by Crippen LogP contribution is 2.21. The molecule has 114 valence electrons. The van der Waals surface area contributed by atoms with Crippen molar-refractivity contribution in [3.63, 3.8) is 0 Å². The van der Waals surface area contributed by atoms with Crippen molar-refractivity contribution in [2.24, 2.45) is 0 Å². The smallest absolute Gasteiger partial charge is 0.211 e. The van der Waals surface area contributed by atoms with Crippen molar-refractivity contribution in [1.82, 2.24) is 9.62 Å². The van der Waals surface area contributed by atoms with Crippen molar-refractivity contribution < 1.29 is 12.8 Å². The molecule has 1 aromatic heterocycles. The normalized spacial score (nSPS) is 22.2. The van der Waals surface area contributed by atoms with E-state index in [2.05, 4.69) is 12.2 Å². The quantitative estimate of drug-likeness (QED) is 0.872. The summed E-state index contributed by atoms with van der Waals surface area (Å²) in [6.45, 7) is 5.40. The number of hydrogen-bond acceptors (Lipinski definition) is 4. The first-order valence-electron chi connectivity index (χ1n) is 7.20. The van der Waals surface area contributed by atoms with Gasteiger partial charge < -0.3 is 9.73 Å². The fourth-order valence-corrected chi connectivity index (χ4v) is 3.86. The molecule has 2 heterocycles. The van der Waals surface area contributed by atoms with Crippen LogP contribution in [-0.2, 0) is 16.4 Å². The summed E-state index contributed by atoms with van der Waals surface area (Å²) in [5.74, 6) is 1.89. The molecule has 1 fully saturated rings. The first-order valence-corrected chi connectivity index (χ1v) is 9.05. The average Bonchev–Trinajstić information content (AvgIpc) is 3.03. The molecule has 0 radical (unpaired) electrons. The highest BCUT2D eigenvalue weighted by atomic mass is 32.2. The van der Waals surface area contributed by atoms with Crippen LogP contribution in [0.3, 0.4) is 0 Å². The standard InChI is InChI=1S/C14H24N2O3S/c1-4-13-7-8-14(19-13)11(2)15-10-12-6-5-9-16(12)20(3,17)18/h7-8,11-12,15H,4-6,9-10H2,1-3H3/t11-,12+/m0/s1. The van der Waals surface area contributed by atoms with Gasteiger partial charge in [-0.2, -0.15) is 4.31 Å². The Morgan fingerprint density at radius 2 is 2.25 bits per heavy atom. The summed E-state index contributed by atoms with van der Waals surface area (Å²) in [6, 6.07) is 4.14. The molecule has 0 bridgehead atoms. The summed E-state index contributed by atoms with van der Waals surface area (Å²) < 4.78 is 30.7. The predicted molar refractivity (Wildman–Crippen MR) is 79.1 cm³/mol. The zero-order valence-electron chi connectivity index (χ0n) is 12.4. The summed E-state index contributed by atoms with van der Waals surface area (Å²) >= 11 is 0. The minimum atomic E-state index is -3.09. The summed E-state index contributed by atoms with van der Waals surface area (Å²) in [4.78, 5) is 0. The fraction of sp³-hybridized carbons (Fsp3) is 0.714. The third-order valence-electron chi connectivity index (χ3n) is 3.87. The fourth-order valence-electron chi connectivity index (χ4n) is 2.68. The molecule has 1 N–H and O–H groups in total. The molecule has 0 unspecified atom stereocenters. The molecule has 0 amide bonds. The second-order valence-corrected chi connectivity index (χ2v) is 7.39. The van der Waals surface area contributed by atoms with Gasteiger partial charge in [-0.25, -0.2) is 8.42 Å². The molecule has 2 atom stereocenters. The number of nitrogens with zero attached hydrogens (tertiary/aromatic N) is 1. The Labute approximate surface area is 121 Å². The highest BCUT2D eigenvalue weighted by molar-refractivity contribution is 7.88. The van der Waals surface area contributed by atoms with Crippen molar-refractivity contribution in [3.05, 3.63) is 23.7 Å². The highest BCUT2D eigenvalue weighted by Gasteiger charge is 2.31. The third-order valence-corrected chi connectivity index (χ3v) is 5.20. The van der Waals surface area contributed by atoms with E-state index in [1.54, 1.807) is 4.31 Å². The van der Waals surface area contributed by atoms with E-state index in [4.69, 9.17) is 4.42 Å². The summed E-state index contributed by atoms with van der Waals surface area (Å²) in [6.07, 6.45) is 4.03. The van der Waals surface area contributed by atoms with Gasteiger partial charge in [-0.1, -0.05) is 6.92 Å². The van der Waals surface area contributed by atoms with Crippen molar-refractivity contribution in [2.45, 2.75) is 45.2 Å². The van der Waals surface area contributed by atoms with E-state index in [-0.39, 0.29) is 12.1 Å². The van der Waals surface area contributed by atoms with Gasteiger partial charge in [0.2, 0.25) is 10.0 Å². The lowest BCUT2D eigenvalue weighted by atomic mass is 10.2. The van der Waals surface area contributed by atoms with Gasteiger partial charge in [-0.3, -0.25) is 0 Å². The second kappa shape index (κ2) is 6.28. The van der Waals surface area contributed by atoms with Crippen LogP contribution in [0.1, 0.15) is 44.3 Å². The second-order valence-electron chi connectivity index (χ2n) is 5.46. The Balaban J connectivity index is 1.91. The topological polar surface area (TPSA) is 62.6 Å². The number of nitrogens with one attached hydrogen (secondary N) is 1. The Morgan fingerprint density at radius 3 is 2.85 bits per heavy atom. The van der Waals surface area contributed by atoms with Crippen LogP contribution in [0.4, 0.5) is 0 Å². The van der Waals surface area contributed by atoms with Crippen molar-refractivity contribution in [2.75, 3.05) is 19.3 Å². The lowest BCUT2D eigenvalue weighted by Crippen LogP contribution is -2.41. The first kappa shape index (κ1) is 15.5. The summed E-state index contributed by atoms with van der Waals surface area (Å²) in [7, 11) is -3.09. The molecule has 0 spiro atoms. The molecule has 1 aliphatic heterocycles. The first-order chi connectivity index (χ1) is 9.41. The zero-order valence-corrected chi connectivity index (χ0v) is 13.2. The summed E-state index contributed by atoms with van der Waals surface area (Å²) in [5.41, 5.74) is 0. The number of furan rings is 1. The van der Waals surface area contributed by atoms with Gasteiger partial charge in [-0.15, -0.1) is 0 Å². The minimum absolute atomic E-state index is 0.0630. The van der Waals surface area contributed by atoms with Crippen LogP contribution < -0.4 is 5.32 Å². The van der Waals surface area contributed by atoms with Gasteiger partial charge in [0.1, 0.15) is 11.5 Å². The van der Waals surface area contributed by atoms with Gasteiger partial charge >= 0.3 is 0 Å². The molecule has 1 saturated heterocycles. The predicted octanol–water partition coefficient (Wildman–Crippen LogP) is 1.92. The van der Waals surface area contributed by atoms with Crippen molar-refractivity contribution >= 4 is 10.0 Å². The molecule has 0 aromatic carbocycles. The maximum absolute atomic E-state index is 11.7. The molecular weight excluding hydrogens is 276 g/mol. The van der Waals surface area contributed by atoms with Crippen LogP contribution in [0.5, 0.6) is 0 Å². The van der Waals surface area contributed by atoms with Gasteiger partial charge in [0.15, 0.2) is 0 Å². The lowest BCUT2D eigenvalue weighted by Gasteiger charge is -2.23. The summed E-state index contributed by atoms with van der Waals surface area (Å²) in [5, 5.41) is 3.38. The van der Waals surface area contributed by atoms with E-state index in [0.29, 0.717) is 13.1 Å². The minimum Gasteiger partial charge on any atom is -0.464 e. The van der Waals surface area contributed by atoms with Crippen LogP contribution in [-0.4, -0.2) is 38.1 Å². The van der Waals surface area contributed by atoms with Gasteiger partial charge in [0, 0.05) is 25.6 Å². The maximum atomic E-state index is 11.7. The molecule has 0 aliphatic carbocycles. The van der Waals surface area contributed by atoms with Crippen LogP contribution in [0.25, 0.3) is 0 Å². The van der Waals surface area contributed by atoms with E-state index < -0.39 is 10.0 Å². The lowest BCUT2D eigenvalue weighted by molar-refractivity contribution is 0.345. The van der Waals surface area contributed by atoms with Gasteiger partial charge in [0.05, 0.1) is 12.3 Å². The van der Waals surface area contributed by atoms with Crippen molar-refractivity contribution in [3.8, 4) is 0 Å². The number of sulfonamides is 1. The van der Waals surface area contributed by atoms with Gasteiger partial charge in [0.25, 0.3) is 0 Å². The van der Waals surface area contributed by atoms with Crippen LogP contribution in [0, 0.1) is 0 Å². The maximum Gasteiger partial charge on any atom is 0.211 e. The Kier molecular flexibility index (Phi) is 4.88. The number of hydrogen-bond donors (Lipinski definition) is 1. The molecule has 20 heavy (non-hydrogen) atoms. The molecule has 5 nitrogen and oxygen atoms in total. The molecule has 1 aromatic rings. The number of rotatable bonds is 6. The van der Waals surface area contributed by atoms with Crippen molar-refractivity contribution in [1.29, 1.82) is 0 Å². The monoisotopic (exact) mass is 300 g/mol. The number of aryl methyl sites for hydroxylation is 1. The van der Waals surface area contributed by atoms with E-state index in [9.17, 15) is 8.42 Å². The molecule has 1 aliphatic rings.